The van der Waals surface area contributed by atoms with Crippen molar-refractivity contribution in [2.45, 2.75) is 44.8 Å². The molecule has 0 spiro atoms. The molecule has 1 saturated heterocycles. The van der Waals surface area contributed by atoms with E-state index in [4.69, 9.17) is 0 Å². The first-order chi connectivity index (χ1) is 13.5. The fraction of sp³-hybridized carbons (Fsp3) is 0.391. The topological polar surface area (TPSA) is 40.6 Å². The van der Waals surface area contributed by atoms with Gasteiger partial charge in [0.1, 0.15) is 12.6 Å². The summed E-state index contributed by atoms with van der Waals surface area (Å²) in [5.74, 6) is 0.0841. The third-order valence-electron chi connectivity index (χ3n) is 5.56. The highest BCUT2D eigenvalue weighted by molar-refractivity contribution is 14.1. The standard InChI is InChI=1S/C23H27IN2O2/c1-17(19-10-5-3-6-11-19)25-16-22(27)26(21(23(25)28)14-9-15-24)18(2)20-12-7-4-8-13-20/h3-8,10-13,17-18,21H,9,14-16H2,1-2H3/t17-,18-,21?/m0/s1. The van der Waals surface area contributed by atoms with E-state index in [9.17, 15) is 9.59 Å². The summed E-state index contributed by atoms with van der Waals surface area (Å²) in [5.41, 5.74) is 2.12. The maximum absolute atomic E-state index is 13.5. The average Bonchev–Trinajstić information content (AvgIpc) is 2.74. The Morgan fingerprint density at radius 1 is 0.929 bits per heavy atom. The van der Waals surface area contributed by atoms with Crippen LogP contribution < -0.4 is 0 Å². The Morgan fingerprint density at radius 2 is 1.46 bits per heavy atom. The molecule has 3 rings (SSSR count). The van der Waals surface area contributed by atoms with Crippen LogP contribution in [0.3, 0.4) is 0 Å². The molecule has 1 fully saturated rings. The summed E-state index contributed by atoms with van der Waals surface area (Å²) in [7, 11) is 0. The summed E-state index contributed by atoms with van der Waals surface area (Å²) < 4.78 is 0.970. The summed E-state index contributed by atoms with van der Waals surface area (Å²) in [6.45, 7) is 4.16. The lowest BCUT2D eigenvalue weighted by Crippen LogP contribution is -2.60. The number of piperazine rings is 1. The number of rotatable bonds is 7. The van der Waals surface area contributed by atoms with E-state index in [1.807, 2.05) is 79.4 Å². The van der Waals surface area contributed by atoms with Gasteiger partial charge < -0.3 is 9.80 Å². The lowest BCUT2D eigenvalue weighted by atomic mass is 9.97. The summed E-state index contributed by atoms with van der Waals surface area (Å²) in [4.78, 5) is 30.2. The normalized spacial score (nSPS) is 19.6. The van der Waals surface area contributed by atoms with Crippen molar-refractivity contribution in [2.24, 2.45) is 0 Å². The van der Waals surface area contributed by atoms with Crippen molar-refractivity contribution in [1.82, 2.24) is 9.80 Å². The number of carbonyl (C=O) groups is 2. The van der Waals surface area contributed by atoms with E-state index in [-0.39, 0.29) is 30.4 Å². The van der Waals surface area contributed by atoms with Gasteiger partial charge in [0.25, 0.3) is 0 Å². The number of amides is 2. The van der Waals surface area contributed by atoms with Crippen LogP contribution in [0, 0.1) is 0 Å². The molecule has 1 heterocycles. The molecule has 0 saturated carbocycles. The van der Waals surface area contributed by atoms with Crippen molar-refractivity contribution in [3.63, 3.8) is 0 Å². The smallest absolute Gasteiger partial charge is 0.246 e. The van der Waals surface area contributed by atoms with Gasteiger partial charge in [0.15, 0.2) is 0 Å². The molecule has 1 unspecified atom stereocenters. The molecule has 0 bridgehead atoms. The molecular formula is C23H27IN2O2. The number of hydrogen-bond acceptors (Lipinski definition) is 2. The third kappa shape index (κ3) is 4.40. The van der Waals surface area contributed by atoms with Gasteiger partial charge in [0.2, 0.25) is 11.8 Å². The Kier molecular flexibility index (Phi) is 7.10. The molecule has 2 amide bonds. The zero-order valence-electron chi connectivity index (χ0n) is 16.4. The van der Waals surface area contributed by atoms with Gasteiger partial charge >= 0.3 is 0 Å². The van der Waals surface area contributed by atoms with Crippen LogP contribution in [-0.2, 0) is 9.59 Å². The van der Waals surface area contributed by atoms with Crippen LogP contribution in [0.2, 0.25) is 0 Å². The predicted octanol–water partition coefficient (Wildman–Crippen LogP) is 4.76. The monoisotopic (exact) mass is 490 g/mol. The molecule has 1 aliphatic heterocycles. The largest absolute Gasteiger partial charge is 0.325 e. The zero-order valence-corrected chi connectivity index (χ0v) is 18.6. The minimum Gasteiger partial charge on any atom is -0.325 e. The first kappa shape index (κ1) is 20.8. The maximum atomic E-state index is 13.5. The highest BCUT2D eigenvalue weighted by Gasteiger charge is 2.43. The Labute approximate surface area is 181 Å². The van der Waals surface area contributed by atoms with Crippen LogP contribution in [0.25, 0.3) is 0 Å². The van der Waals surface area contributed by atoms with Crippen LogP contribution in [0.15, 0.2) is 60.7 Å². The van der Waals surface area contributed by atoms with Crippen molar-refractivity contribution < 1.29 is 9.59 Å². The van der Waals surface area contributed by atoms with Crippen LogP contribution in [0.1, 0.15) is 49.9 Å². The van der Waals surface area contributed by atoms with Crippen molar-refractivity contribution in [2.75, 3.05) is 11.0 Å². The van der Waals surface area contributed by atoms with Gasteiger partial charge in [0, 0.05) is 0 Å². The Bertz CT molecular complexity index is 797. The molecule has 0 aromatic heterocycles. The lowest BCUT2D eigenvalue weighted by molar-refractivity contribution is -0.160. The number of nitrogens with zero attached hydrogens (tertiary/aromatic N) is 2. The lowest BCUT2D eigenvalue weighted by Gasteiger charge is -2.45. The van der Waals surface area contributed by atoms with E-state index >= 15 is 0 Å². The first-order valence-electron chi connectivity index (χ1n) is 9.82. The molecule has 1 aliphatic rings. The van der Waals surface area contributed by atoms with Gasteiger partial charge in [0.05, 0.1) is 12.1 Å². The van der Waals surface area contributed by atoms with E-state index in [0.717, 1.165) is 22.0 Å². The van der Waals surface area contributed by atoms with Gasteiger partial charge in [-0.15, -0.1) is 0 Å². The predicted molar refractivity (Wildman–Crippen MR) is 120 cm³/mol. The summed E-state index contributed by atoms with van der Waals surface area (Å²) in [6.07, 6.45) is 1.61. The van der Waals surface area contributed by atoms with E-state index in [2.05, 4.69) is 22.6 Å². The molecule has 3 atom stereocenters. The molecule has 0 radical (unpaired) electrons. The molecule has 0 aliphatic carbocycles. The van der Waals surface area contributed by atoms with Crippen LogP contribution in [0.5, 0.6) is 0 Å². The quantitative estimate of drug-likeness (QED) is 0.415. The Hall–Kier alpha value is -1.89. The second kappa shape index (κ2) is 9.54. The van der Waals surface area contributed by atoms with Gasteiger partial charge in [-0.3, -0.25) is 9.59 Å². The Morgan fingerprint density at radius 3 is 2.00 bits per heavy atom. The Balaban J connectivity index is 1.89. The summed E-state index contributed by atoms with van der Waals surface area (Å²) >= 11 is 2.33. The van der Waals surface area contributed by atoms with Gasteiger partial charge in [-0.2, -0.15) is 0 Å². The number of carbonyl (C=O) groups excluding carboxylic acids is 2. The molecule has 4 nitrogen and oxygen atoms in total. The highest BCUT2D eigenvalue weighted by Crippen LogP contribution is 2.32. The van der Waals surface area contributed by atoms with E-state index in [1.54, 1.807) is 4.90 Å². The molecule has 0 N–H and O–H groups in total. The van der Waals surface area contributed by atoms with Crippen LogP contribution in [0.4, 0.5) is 0 Å². The SMILES string of the molecule is C[C@@H](c1ccccc1)N1CC(=O)N([C@@H](C)c2ccccc2)C(CCCI)C1=O. The van der Waals surface area contributed by atoms with Gasteiger partial charge in [-0.1, -0.05) is 83.3 Å². The molecule has 148 valence electrons. The van der Waals surface area contributed by atoms with E-state index in [1.165, 1.54) is 0 Å². The number of alkyl halides is 1. The summed E-state index contributed by atoms with van der Waals surface area (Å²) in [6, 6.07) is 19.3. The minimum atomic E-state index is -0.405. The van der Waals surface area contributed by atoms with Crippen LogP contribution in [-0.4, -0.2) is 38.6 Å². The molecule has 5 heteroatoms. The second-order valence-corrected chi connectivity index (χ2v) is 8.37. The average molecular weight is 490 g/mol. The fourth-order valence-electron chi connectivity index (χ4n) is 3.94. The minimum absolute atomic E-state index is 0.0252. The van der Waals surface area contributed by atoms with Gasteiger partial charge in [-0.25, -0.2) is 0 Å². The second-order valence-electron chi connectivity index (χ2n) is 7.29. The van der Waals surface area contributed by atoms with Crippen molar-refractivity contribution in [1.29, 1.82) is 0 Å². The summed E-state index contributed by atoms with van der Waals surface area (Å²) in [5, 5.41) is 0. The highest BCUT2D eigenvalue weighted by atomic mass is 127. The van der Waals surface area contributed by atoms with Crippen molar-refractivity contribution >= 4 is 34.4 Å². The molecular weight excluding hydrogens is 463 g/mol. The number of halogens is 1. The van der Waals surface area contributed by atoms with E-state index in [0.29, 0.717) is 6.42 Å². The number of benzene rings is 2. The van der Waals surface area contributed by atoms with E-state index < -0.39 is 6.04 Å². The van der Waals surface area contributed by atoms with Crippen LogP contribution >= 0.6 is 22.6 Å². The molecule has 2 aromatic rings. The third-order valence-corrected chi connectivity index (χ3v) is 6.32. The zero-order chi connectivity index (χ0) is 20.1. The maximum Gasteiger partial charge on any atom is 0.246 e. The van der Waals surface area contributed by atoms with Gasteiger partial charge in [-0.05, 0) is 42.2 Å². The van der Waals surface area contributed by atoms with Crippen molar-refractivity contribution in [3.8, 4) is 0 Å². The molecule has 2 aromatic carbocycles. The first-order valence-corrected chi connectivity index (χ1v) is 11.3. The van der Waals surface area contributed by atoms with Crippen molar-refractivity contribution in [3.05, 3.63) is 71.8 Å². The number of hydrogen-bond donors (Lipinski definition) is 0. The fourth-order valence-corrected chi connectivity index (χ4v) is 4.38. The molecule has 28 heavy (non-hydrogen) atoms.